The predicted molar refractivity (Wildman–Crippen MR) is 153 cm³/mol. The highest BCUT2D eigenvalue weighted by Gasteiger charge is 2.36. The number of methoxy groups -OCH3 is 3. The zero-order chi connectivity index (χ0) is 27.2. The SMILES string of the molecule is COc1ccc(C2=NN(C(=O)CN3CCC(Cc4ccccc4)CC3)[C@@H](c3ccc(OC)cc3OC)C2)cc1. The molecule has 5 rings (SSSR count). The summed E-state index contributed by atoms with van der Waals surface area (Å²) in [7, 11) is 4.93. The van der Waals surface area contributed by atoms with Crippen molar-refractivity contribution in [3.63, 3.8) is 0 Å². The van der Waals surface area contributed by atoms with Gasteiger partial charge in [-0.1, -0.05) is 30.3 Å². The van der Waals surface area contributed by atoms with Gasteiger partial charge in [-0.2, -0.15) is 5.10 Å². The van der Waals surface area contributed by atoms with E-state index in [9.17, 15) is 4.79 Å². The molecule has 0 saturated carbocycles. The van der Waals surface area contributed by atoms with Crippen molar-refractivity contribution in [2.45, 2.75) is 31.7 Å². The Morgan fingerprint density at radius 2 is 1.56 bits per heavy atom. The third kappa shape index (κ3) is 6.25. The summed E-state index contributed by atoms with van der Waals surface area (Å²) in [6.45, 7) is 2.19. The first-order chi connectivity index (χ1) is 19.1. The van der Waals surface area contributed by atoms with Crippen LogP contribution in [0.4, 0.5) is 0 Å². The molecule has 204 valence electrons. The van der Waals surface area contributed by atoms with E-state index in [1.54, 1.807) is 26.3 Å². The van der Waals surface area contributed by atoms with Crippen LogP contribution in [0.15, 0.2) is 77.9 Å². The van der Waals surface area contributed by atoms with Gasteiger partial charge >= 0.3 is 0 Å². The second kappa shape index (κ2) is 12.3. The molecule has 7 nitrogen and oxygen atoms in total. The molecule has 2 aliphatic heterocycles. The van der Waals surface area contributed by atoms with Crippen molar-refractivity contribution in [3.05, 3.63) is 89.5 Å². The van der Waals surface area contributed by atoms with Crippen LogP contribution in [0.3, 0.4) is 0 Å². The van der Waals surface area contributed by atoms with Gasteiger partial charge in [0, 0.05) is 18.1 Å². The van der Waals surface area contributed by atoms with E-state index in [-0.39, 0.29) is 11.9 Å². The topological polar surface area (TPSA) is 63.6 Å². The first-order valence-electron chi connectivity index (χ1n) is 13.6. The molecule has 0 aliphatic carbocycles. The fourth-order valence-electron chi connectivity index (χ4n) is 5.59. The summed E-state index contributed by atoms with van der Waals surface area (Å²) in [5.74, 6) is 2.84. The standard InChI is InChI=1S/C32H37N3O4/c1-37-26-11-9-25(10-12-26)29-21-30(28-14-13-27(38-2)20-31(28)39-3)35(33-29)32(36)22-34-17-15-24(16-18-34)19-23-7-5-4-6-8-23/h4-14,20,24,30H,15-19,21-22H2,1-3H3/t30-/m1/s1. The predicted octanol–water partition coefficient (Wildman–Crippen LogP) is 5.34. The summed E-state index contributed by atoms with van der Waals surface area (Å²) in [5.41, 5.74) is 4.15. The van der Waals surface area contributed by atoms with E-state index < -0.39 is 0 Å². The lowest BCUT2D eigenvalue weighted by Crippen LogP contribution is -2.42. The molecule has 1 saturated heterocycles. The number of rotatable bonds is 9. The van der Waals surface area contributed by atoms with E-state index in [1.807, 2.05) is 42.5 Å². The van der Waals surface area contributed by atoms with Crippen LogP contribution in [-0.2, 0) is 11.2 Å². The number of nitrogens with zero attached hydrogens (tertiary/aromatic N) is 3. The van der Waals surface area contributed by atoms with Crippen LogP contribution in [0.1, 0.15) is 42.0 Å². The molecule has 0 radical (unpaired) electrons. The molecule has 2 aliphatic rings. The van der Waals surface area contributed by atoms with Gasteiger partial charge in [0.05, 0.1) is 39.6 Å². The lowest BCUT2D eigenvalue weighted by Gasteiger charge is -2.33. The number of piperidine rings is 1. The van der Waals surface area contributed by atoms with E-state index in [1.165, 1.54) is 5.56 Å². The fourth-order valence-corrected chi connectivity index (χ4v) is 5.59. The van der Waals surface area contributed by atoms with Gasteiger partial charge in [-0.25, -0.2) is 5.01 Å². The van der Waals surface area contributed by atoms with Crippen molar-refractivity contribution in [1.29, 1.82) is 0 Å². The maximum Gasteiger partial charge on any atom is 0.257 e. The van der Waals surface area contributed by atoms with Crippen LogP contribution in [0, 0.1) is 5.92 Å². The van der Waals surface area contributed by atoms with E-state index >= 15 is 0 Å². The van der Waals surface area contributed by atoms with E-state index in [4.69, 9.17) is 19.3 Å². The van der Waals surface area contributed by atoms with Crippen LogP contribution in [0.25, 0.3) is 0 Å². The molecule has 3 aromatic carbocycles. The van der Waals surface area contributed by atoms with Gasteiger partial charge in [0.25, 0.3) is 5.91 Å². The molecule has 3 aromatic rings. The maximum absolute atomic E-state index is 13.8. The van der Waals surface area contributed by atoms with Gasteiger partial charge < -0.3 is 14.2 Å². The van der Waals surface area contributed by atoms with E-state index in [2.05, 4.69) is 35.2 Å². The molecule has 1 amide bonds. The van der Waals surface area contributed by atoms with Crippen LogP contribution in [0.5, 0.6) is 17.2 Å². The number of ether oxygens (including phenoxy) is 3. The second-order valence-corrected chi connectivity index (χ2v) is 10.3. The number of amides is 1. The molecule has 7 heteroatoms. The summed E-state index contributed by atoms with van der Waals surface area (Å²) in [6, 6.07) is 24.0. The Labute approximate surface area is 231 Å². The first kappa shape index (κ1) is 26.8. The number of likely N-dealkylation sites (tertiary alicyclic amines) is 1. The Hall–Kier alpha value is -3.84. The Balaban J connectivity index is 1.32. The molecule has 1 atom stereocenters. The van der Waals surface area contributed by atoms with E-state index in [0.29, 0.717) is 30.4 Å². The van der Waals surface area contributed by atoms with Crippen molar-refractivity contribution in [2.24, 2.45) is 11.0 Å². The average Bonchev–Trinajstić information content (AvgIpc) is 3.44. The summed E-state index contributed by atoms with van der Waals surface area (Å²) in [6.07, 6.45) is 3.89. The average molecular weight is 528 g/mol. The molecule has 39 heavy (non-hydrogen) atoms. The Kier molecular flexibility index (Phi) is 8.47. The number of hydrogen-bond donors (Lipinski definition) is 0. The van der Waals surface area contributed by atoms with Gasteiger partial charge in [-0.05, 0) is 85.8 Å². The van der Waals surface area contributed by atoms with Crippen LogP contribution in [-0.4, -0.2) is 62.5 Å². The molecule has 0 unspecified atom stereocenters. The molecular weight excluding hydrogens is 490 g/mol. The van der Waals surface area contributed by atoms with Crippen molar-refractivity contribution < 1.29 is 19.0 Å². The monoisotopic (exact) mass is 527 g/mol. The molecule has 0 bridgehead atoms. The minimum Gasteiger partial charge on any atom is -0.497 e. The normalized spacial score (nSPS) is 18.1. The summed E-state index contributed by atoms with van der Waals surface area (Å²) in [5, 5.41) is 6.54. The number of benzene rings is 3. The van der Waals surface area contributed by atoms with Gasteiger partial charge in [0.2, 0.25) is 0 Å². The van der Waals surface area contributed by atoms with E-state index in [0.717, 1.165) is 54.9 Å². The van der Waals surface area contributed by atoms with Gasteiger partial charge in [-0.3, -0.25) is 9.69 Å². The quantitative estimate of drug-likeness (QED) is 0.376. The largest absolute Gasteiger partial charge is 0.497 e. The first-order valence-corrected chi connectivity index (χ1v) is 13.6. The smallest absolute Gasteiger partial charge is 0.257 e. The fraction of sp³-hybridized carbons (Fsp3) is 0.375. The highest BCUT2D eigenvalue weighted by molar-refractivity contribution is 6.03. The Bertz CT molecular complexity index is 1280. The van der Waals surface area contributed by atoms with Crippen molar-refractivity contribution in [1.82, 2.24) is 9.91 Å². The number of carbonyl (C=O) groups excluding carboxylic acids is 1. The van der Waals surface area contributed by atoms with Gasteiger partial charge in [0.15, 0.2) is 0 Å². The molecule has 0 N–H and O–H groups in total. The Morgan fingerprint density at radius 1 is 0.872 bits per heavy atom. The minimum absolute atomic E-state index is 0.00268. The minimum atomic E-state index is -0.258. The molecular formula is C32H37N3O4. The van der Waals surface area contributed by atoms with Crippen molar-refractivity contribution >= 4 is 11.6 Å². The second-order valence-electron chi connectivity index (χ2n) is 10.3. The van der Waals surface area contributed by atoms with Gasteiger partial charge in [-0.15, -0.1) is 0 Å². The van der Waals surface area contributed by atoms with Crippen LogP contribution >= 0.6 is 0 Å². The lowest BCUT2D eigenvalue weighted by molar-refractivity contribution is -0.134. The molecule has 0 spiro atoms. The van der Waals surface area contributed by atoms with Crippen molar-refractivity contribution in [3.8, 4) is 17.2 Å². The highest BCUT2D eigenvalue weighted by atomic mass is 16.5. The van der Waals surface area contributed by atoms with Crippen LogP contribution in [0.2, 0.25) is 0 Å². The molecule has 0 aromatic heterocycles. The number of carbonyl (C=O) groups is 1. The lowest BCUT2D eigenvalue weighted by atomic mass is 9.90. The zero-order valence-corrected chi connectivity index (χ0v) is 23.0. The number of hydrogen-bond acceptors (Lipinski definition) is 6. The summed E-state index contributed by atoms with van der Waals surface area (Å²) >= 11 is 0. The molecule has 2 heterocycles. The van der Waals surface area contributed by atoms with Crippen molar-refractivity contribution in [2.75, 3.05) is 41.0 Å². The van der Waals surface area contributed by atoms with Gasteiger partial charge in [0.1, 0.15) is 17.2 Å². The molecule has 1 fully saturated rings. The maximum atomic E-state index is 13.8. The summed E-state index contributed by atoms with van der Waals surface area (Å²) in [4.78, 5) is 16.0. The summed E-state index contributed by atoms with van der Waals surface area (Å²) < 4.78 is 16.4. The third-order valence-electron chi connectivity index (χ3n) is 7.82. The highest BCUT2D eigenvalue weighted by Crippen LogP contribution is 2.39. The van der Waals surface area contributed by atoms with Crippen LogP contribution < -0.4 is 14.2 Å². The number of hydrazone groups is 1. The Morgan fingerprint density at radius 3 is 2.23 bits per heavy atom. The third-order valence-corrected chi connectivity index (χ3v) is 7.82. The zero-order valence-electron chi connectivity index (χ0n) is 23.0.